The molecule has 33 heavy (non-hydrogen) atoms. The molecule has 1 aliphatic rings. The third-order valence-corrected chi connectivity index (χ3v) is 5.88. The van der Waals surface area contributed by atoms with Crippen LogP contribution in [-0.2, 0) is 0 Å². The molecule has 0 radical (unpaired) electrons. The smallest absolute Gasteiger partial charge is 0.281 e. The van der Waals surface area contributed by atoms with Gasteiger partial charge in [0.25, 0.3) is 5.92 Å². The second-order valence-electron chi connectivity index (χ2n) is 8.36. The van der Waals surface area contributed by atoms with Crippen LogP contribution in [-0.4, -0.2) is 80.4 Å². The Morgan fingerprint density at radius 2 is 2.12 bits per heavy atom. The number of hydrogen-bond acceptors (Lipinski definition) is 7. The highest BCUT2D eigenvalue weighted by Gasteiger charge is 2.47. The first kappa shape index (κ1) is 21.4. The minimum absolute atomic E-state index is 0.0518. The third-order valence-electron chi connectivity index (χ3n) is 5.88. The number of alkyl halides is 3. The van der Waals surface area contributed by atoms with Gasteiger partial charge in [-0.1, -0.05) is 11.3 Å². The molecule has 1 aromatic carbocycles. The predicted molar refractivity (Wildman–Crippen MR) is 117 cm³/mol. The van der Waals surface area contributed by atoms with E-state index in [-0.39, 0.29) is 24.9 Å². The standard InChI is InChI=1S/C21H23F3N8O/c1-12(9-22)32-16-8-13(4-5-15(16)27-29-32)14-6-7-31-18(14)19(33-3)26-20(28-31)25-17-10-30(2)11-21(17,23)24/h4-8,12,17H,9-11H2,1-3H3,(H,25,28)/t12-,17+/m0/s1. The highest BCUT2D eigenvalue weighted by molar-refractivity contribution is 5.89. The van der Waals surface area contributed by atoms with Crippen molar-refractivity contribution in [2.75, 3.05) is 39.2 Å². The molecular formula is C21H23F3N8O. The SMILES string of the molecule is COc1nc(N[C@@H]2CN(C)CC2(F)F)nn2ccc(-c3ccc4nnn([C@@H](C)CF)c4c3)c12. The summed E-state index contributed by atoms with van der Waals surface area (Å²) in [7, 11) is 3.11. The topological polar surface area (TPSA) is 85.4 Å². The Labute approximate surface area is 187 Å². The Morgan fingerprint density at radius 3 is 2.82 bits per heavy atom. The van der Waals surface area contributed by atoms with Crippen LogP contribution in [0.1, 0.15) is 13.0 Å². The Bertz CT molecular complexity index is 1320. The number of nitrogens with zero attached hydrogens (tertiary/aromatic N) is 7. The van der Waals surface area contributed by atoms with Crippen LogP contribution in [0.2, 0.25) is 0 Å². The average molecular weight is 460 g/mol. The summed E-state index contributed by atoms with van der Waals surface area (Å²) in [6.07, 6.45) is 1.71. The first-order chi connectivity index (χ1) is 15.8. The number of fused-ring (bicyclic) bond motifs is 2. The molecular weight excluding hydrogens is 437 g/mol. The number of halogens is 3. The van der Waals surface area contributed by atoms with Crippen LogP contribution in [0, 0.1) is 0 Å². The third kappa shape index (κ3) is 3.63. The van der Waals surface area contributed by atoms with Gasteiger partial charge in [-0.2, -0.15) is 4.98 Å². The molecule has 1 N–H and O–H groups in total. The fourth-order valence-electron chi connectivity index (χ4n) is 4.21. The van der Waals surface area contributed by atoms with Crippen LogP contribution >= 0.6 is 0 Å². The Hall–Kier alpha value is -3.41. The van der Waals surface area contributed by atoms with Gasteiger partial charge in [0.05, 0.1) is 25.2 Å². The van der Waals surface area contributed by atoms with Crippen LogP contribution in [0.4, 0.5) is 19.1 Å². The summed E-state index contributed by atoms with van der Waals surface area (Å²) in [4.78, 5) is 5.90. The molecule has 12 heteroatoms. The summed E-state index contributed by atoms with van der Waals surface area (Å²) in [5, 5.41) is 15.3. The summed E-state index contributed by atoms with van der Waals surface area (Å²) >= 11 is 0. The van der Waals surface area contributed by atoms with E-state index in [0.717, 1.165) is 11.1 Å². The first-order valence-electron chi connectivity index (χ1n) is 10.5. The average Bonchev–Trinajstić information content (AvgIpc) is 3.47. The minimum atomic E-state index is -2.90. The Kier molecular flexibility index (Phi) is 5.11. The molecule has 5 rings (SSSR count). The molecule has 1 fully saturated rings. The van der Waals surface area contributed by atoms with E-state index in [4.69, 9.17) is 4.74 Å². The number of ether oxygens (including phenoxy) is 1. The van der Waals surface area contributed by atoms with Gasteiger partial charge in [0.1, 0.15) is 23.7 Å². The van der Waals surface area contributed by atoms with Gasteiger partial charge in [-0.05, 0) is 37.7 Å². The van der Waals surface area contributed by atoms with Crippen molar-refractivity contribution in [3.05, 3.63) is 30.5 Å². The zero-order valence-corrected chi connectivity index (χ0v) is 18.3. The number of likely N-dealkylation sites (tertiary alicyclic amines) is 1. The summed E-state index contributed by atoms with van der Waals surface area (Å²) in [5.41, 5.74) is 3.51. The molecule has 4 heterocycles. The van der Waals surface area contributed by atoms with Gasteiger partial charge in [-0.3, -0.25) is 4.90 Å². The molecule has 0 aliphatic carbocycles. The normalized spacial score (nSPS) is 19.4. The van der Waals surface area contributed by atoms with Crippen LogP contribution in [0.15, 0.2) is 30.5 Å². The molecule has 0 spiro atoms. The van der Waals surface area contributed by atoms with Gasteiger partial charge in [-0.15, -0.1) is 10.2 Å². The molecule has 9 nitrogen and oxygen atoms in total. The highest BCUT2D eigenvalue weighted by atomic mass is 19.3. The molecule has 3 aromatic heterocycles. The second kappa shape index (κ2) is 7.87. The van der Waals surface area contributed by atoms with E-state index in [1.165, 1.54) is 7.11 Å². The van der Waals surface area contributed by atoms with Crippen molar-refractivity contribution in [1.29, 1.82) is 0 Å². The molecule has 0 unspecified atom stereocenters. The zero-order valence-electron chi connectivity index (χ0n) is 18.3. The molecule has 0 amide bonds. The highest BCUT2D eigenvalue weighted by Crippen LogP contribution is 2.34. The Balaban J connectivity index is 1.55. The monoisotopic (exact) mass is 460 g/mol. The van der Waals surface area contributed by atoms with Gasteiger partial charge >= 0.3 is 0 Å². The first-order valence-corrected chi connectivity index (χ1v) is 10.5. The van der Waals surface area contributed by atoms with Crippen LogP contribution in [0.3, 0.4) is 0 Å². The fraction of sp³-hybridized carbons (Fsp3) is 0.429. The maximum absolute atomic E-state index is 14.2. The van der Waals surface area contributed by atoms with Gasteiger partial charge in [0.2, 0.25) is 11.8 Å². The van der Waals surface area contributed by atoms with E-state index < -0.39 is 24.7 Å². The van der Waals surface area contributed by atoms with E-state index in [1.54, 1.807) is 34.3 Å². The van der Waals surface area contributed by atoms with Crippen molar-refractivity contribution in [3.8, 4) is 17.0 Å². The van der Waals surface area contributed by atoms with Crippen molar-refractivity contribution in [2.24, 2.45) is 0 Å². The van der Waals surface area contributed by atoms with E-state index >= 15 is 0 Å². The second-order valence-corrected chi connectivity index (χ2v) is 8.36. The number of nitrogens with one attached hydrogen (secondary N) is 1. The molecule has 4 aromatic rings. The molecule has 0 bridgehead atoms. The molecule has 2 atom stereocenters. The number of aromatic nitrogens is 6. The number of hydrogen-bond donors (Lipinski definition) is 1. The van der Waals surface area contributed by atoms with Crippen LogP contribution < -0.4 is 10.1 Å². The van der Waals surface area contributed by atoms with Crippen molar-refractivity contribution < 1.29 is 17.9 Å². The molecule has 0 saturated carbocycles. The number of methoxy groups -OCH3 is 1. The van der Waals surface area contributed by atoms with Crippen molar-refractivity contribution >= 4 is 22.5 Å². The van der Waals surface area contributed by atoms with Gasteiger partial charge < -0.3 is 10.1 Å². The quantitative estimate of drug-likeness (QED) is 0.473. The van der Waals surface area contributed by atoms with Crippen LogP contribution in [0.5, 0.6) is 5.88 Å². The largest absolute Gasteiger partial charge is 0.479 e. The van der Waals surface area contributed by atoms with Crippen molar-refractivity contribution in [2.45, 2.75) is 24.9 Å². The lowest BCUT2D eigenvalue weighted by molar-refractivity contribution is 0.00583. The van der Waals surface area contributed by atoms with Gasteiger partial charge in [-0.25, -0.2) is 22.4 Å². The van der Waals surface area contributed by atoms with Gasteiger partial charge in [0.15, 0.2) is 0 Å². The number of likely N-dealkylation sites (N-methyl/N-ethyl adjacent to an activating group) is 1. The zero-order chi connectivity index (χ0) is 23.3. The fourth-order valence-corrected chi connectivity index (χ4v) is 4.21. The Morgan fingerprint density at radius 1 is 1.30 bits per heavy atom. The molecule has 1 saturated heterocycles. The van der Waals surface area contributed by atoms with E-state index in [1.807, 2.05) is 24.3 Å². The number of benzene rings is 1. The summed E-state index contributed by atoms with van der Waals surface area (Å²) in [5.74, 6) is -2.60. The lowest BCUT2D eigenvalue weighted by Crippen LogP contribution is -2.38. The lowest BCUT2D eigenvalue weighted by atomic mass is 10.1. The van der Waals surface area contributed by atoms with Gasteiger partial charge in [0, 0.05) is 18.3 Å². The molecule has 174 valence electrons. The van der Waals surface area contributed by atoms with E-state index in [9.17, 15) is 13.2 Å². The molecule has 1 aliphatic heterocycles. The number of rotatable bonds is 6. The van der Waals surface area contributed by atoms with E-state index in [0.29, 0.717) is 16.6 Å². The summed E-state index contributed by atoms with van der Waals surface area (Å²) < 4.78 is 50.3. The van der Waals surface area contributed by atoms with Crippen molar-refractivity contribution in [3.63, 3.8) is 0 Å². The van der Waals surface area contributed by atoms with Crippen LogP contribution in [0.25, 0.3) is 27.7 Å². The minimum Gasteiger partial charge on any atom is -0.479 e. The number of anilines is 1. The van der Waals surface area contributed by atoms with Crippen molar-refractivity contribution in [1.82, 2.24) is 34.5 Å². The maximum atomic E-state index is 14.2. The lowest BCUT2D eigenvalue weighted by Gasteiger charge is -2.19. The summed E-state index contributed by atoms with van der Waals surface area (Å²) in [6, 6.07) is 5.84. The predicted octanol–water partition coefficient (Wildman–Crippen LogP) is 3.04. The summed E-state index contributed by atoms with van der Waals surface area (Å²) in [6.45, 7) is 1.01. The maximum Gasteiger partial charge on any atom is 0.281 e. The van der Waals surface area contributed by atoms with E-state index in [2.05, 4.69) is 25.7 Å².